The van der Waals surface area contributed by atoms with E-state index in [0.717, 1.165) is 36.3 Å². The number of likely N-dealkylation sites (N-methyl/N-ethyl adjacent to an activating group) is 2. The van der Waals surface area contributed by atoms with Gasteiger partial charge in [-0.15, -0.1) is 0 Å². The summed E-state index contributed by atoms with van der Waals surface area (Å²) in [6, 6.07) is 8.00. The summed E-state index contributed by atoms with van der Waals surface area (Å²) >= 11 is 0. The number of aliphatic hydroxyl groups is 1. The van der Waals surface area contributed by atoms with Crippen LogP contribution in [-0.2, 0) is 25.5 Å². The molecule has 8 nitrogen and oxygen atoms in total. The molecule has 0 spiro atoms. The smallest absolute Gasteiger partial charge is 0.252 e. The normalized spacial score (nSPS) is 18.8. The number of nitrogens with zero attached hydrogens (tertiary/aromatic N) is 2. The zero-order chi connectivity index (χ0) is 26.1. The Labute approximate surface area is 216 Å². The molecule has 1 aromatic rings. The summed E-state index contributed by atoms with van der Waals surface area (Å²) in [6.45, 7) is 2.49. The fourth-order valence-corrected chi connectivity index (χ4v) is 4.44. The number of anilines is 1. The minimum Gasteiger partial charge on any atom is -0.376 e. The van der Waals surface area contributed by atoms with E-state index in [-0.39, 0.29) is 24.7 Å². The molecule has 1 aromatic carbocycles. The van der Waals surface area contributed by atoms with Crippen molar-refractivity contribution in [2.75, 3.05) is 46.0 Å². The van der Waals surface area contributed by atoms with E-state index in [4.69, 9.17) is 9.47 Å². The fraction of sp³-hybridized carbons (Fsp3) is 0.714. The van der Waals surface area contributed by atoms with E-state index < -0.39 is 12.2 Å². The van der Waals surface area contributed by atoms with Crippen LogP contribution in [0.15, 0.2) is 24.3 Å². The Morgan fingerprint density at radius 3 is 2.28 bits per heavy atom. The van der Waals surface area contributed by atoms with Gasteiger partial charge in [-0.05, 0) is 56.3 Å². The van der Waals surface area contributed by atoms with Crippen molar-refractivity contribution in [3.63, 3.8) is 0 Å². The number of carbonyl (C=O) groups excluding carboxylic acids is 2. The third-order valence-corrected chi connectivity index (χ3v) is 7.45. The Bertz CT molecular complexity index is 812. The van der Waals surface area contributed by atoms with Gasteiger partial charge < -0.3 is 34.5 Å². The molecule has 2 aliphatic rings. The number of amides is 1. The van der Waals surface area contributed by atoms with Crippen molar-refractivity contribution in [2.24, 2.45) is 11.8 Å². The number of hydrogen-bond donors (Lipinski definition) is 2. The van der Waals surface area contributed by atoms with Crippen molar-refractivity contribution < 1.29 is 24.2 Å². The predicted octanol–water partition coefficient (Wildman–Crippen LogP) is 2.62. The van der Waals surface area contributed by atoms with Crippen LogP contribution in [0.4, 0.5) is 5.69 Å². The topological polar surface area (TPSA) is 91.3 Å². The van der Waals surface area contributed by atoms with Gasteiger partial charge in [-0.25, -0.2) is 0 Å². The van der Waals surface area contributed by atoms with Crippen molar-refractivity contribution in [2.45, 2.75) is 76.2 Å². The maximum Gasteiger partial charge on any atom is 0.252 e. The van der Waals surface area contributed by atoms with Crippen LogP contribution >= 0.6 is 0 Å². The van der Waals surface area contributed by atoms with Crippen molar-refractivity contribution in [1.82, 2.24) is 10.2 Å². The second-order valence-electron chi connectivity index (χ2n) is 10.7. The van der Waals surface area contributed by atoms with E-state index >= 15 is 0 Å². The minimum absolute atomic E-state index is 0.0548. The highest BCUT2D eigenvalue weighted by Gasteiger charge is 2.34. The Balaban J connectivity index is 1.71. The molecular formula is C28H45N3O5. The number of aliphatic hydroxyl groups excluding tert-OH is 1. The molecule has 0 saturated heterocycles. The predicted molar refractivity (Wildman–Crippen MR) is 141 cm³/mol. The summed E-state index contributed by atoms with van der Waals surface area (Å²) < 4.78 is 12.1. The first kappa shape index (κ1) is 28.6. The molecule has 2 saturated carbocycles. The average Bonchev–Trinajstić information content (AvgIpc) is 3.83. The van der Waals surface area contributed by atoms with Gasteiger partial charge in [-0.2, -0.15) is 0 Å². The number of aldehydes is 1. The first-order valence-electron chi connectivity index (χ1n) is 13.4. The standard InChI is InChI=1S/C28H45N3O5/c1-20(16-32)35-18-26(14-22-7-8-22)31(4)28(34)27(36-17-24(29-2)13-21-5-6-21)15-23-9-11-25(12-10-23)30(3)19-33/h9-12,16,20-22,24,26-27,29,33H,5-8,13-15,17-19H2,1-4H3/t20-,24+,26+,27-/m1/s1. The summed E-state index contributed by atoms with van der Waals surface area (Å²) in [5.41, 5.74) is 1.91. The van der Waals surface area contributed by atoms with Crippen LogP contribution in [0, 0.1) is 11.8 Å². The third-order valence-electron chi connectivity index (χ3n) is 7.45. The molecule has 0 aromatic heterocycles. The molecule has 36 heavy (non-hydrogen) atoms. The summed E-state index contributed by atoms with van der Waals surface area (Å²) in [4.78, 5) is 28.4. The molecular weight excluding hydrogens is 458 g/mol. The highest BCUT2D eigenvalue weighted by atomic mass is 16.5. The lowest BCUT2D eigenvalue weighted by Gasteiger charge is -2.32. The first-order chi connectivity index (χ1) is 17.3. The summed E-state index contributed by atoms with van der Waals surface area (Å²) in [5, 5.41) is 12.7. The van der Waals surface area contributed by atoms with Gasteiger partial charge in [0.05, 0.1) is 19.3 Å². The van der Waals surface area contributed by atoms with Gasteiger partial charge in [0.15, 0.2) is 0 Å². The van der Waals surface area contributed by atoms with Gasteiger partial charge >= 0.3 is 0 Å². The van der Waals surface area contributed by atoms with Gasteiger partial charge in [-0.1, -0.05) is 37.8 Å². The summed E-state index contributed by atoms with van der Waals surface area (Å²) in [6.07, 6.45) is 7.02. The molecule has 2 N–H and O–H groups in total. The Kier molecular flexibility index (Phi) is 11.2. The minimum atomic E-state index is -0.614. The molecule has 3 rings (SSSR count). The maximum absolute atomic E-state index is 13.8. The molecule has 2 aliphatic carbocycles. The molecule has 8 heteroatoms. The van der Waals surface area contributed by atoms with Gasteiger partial charge in [-0.3, -0.25) is 4.79 Å². The maximum atomic E-state index is 13.8. The molecule has 0 bridgehead atoms. The molecule has 0 radical (unpaired) electrons. The zero-order valence-corrected chi connectivity index (χ0v) is 22.4. The lowest BCUT2D eigenvalue weighted by molar-refractivity contribution is -0.147. The Morgan fingerprint density at radius 2 is 1.72 bits per heavy atom. The quantitative estimate of drug-likeness (QED) is 0.235. The number of hydrogen-bond acceptors (Lipinski definition) is 7. The third kappa shape index (κ3) is 9.14. The number of nitrogens with one attached hydrogen (secondary N) is 1. The van der Waals surface area contributed by atoms with Gasteiger partial charge in [0.2, 0.25) is 0 Å². The van der Waals surface area contributed by atoms with Crippen molar-refractivity contribution >= 4 is 17.9 Å². The molecule has 1 amide bonds. The molecule has 202 valence electrons. The number of carbonyl (C=O) groups is 2. The van der Waals surface area contributed by atoms with E-state index in [2.05, 4.69) is 5.32 Å². The van der Waals surface area contributed by atoms with Crippen LogP contribution < -0.4 is 10.2 Å². The van der Waals surface area contributed by atoms with E-state index in [1.54, 1.807) is 16.7 Å². The Hall–Kier alpha value is -2.00. The van der Waals surface area contributed by atoms with Gasteiger partial charge in [0.1, 0.15) is 25.2 Å². The van der Waals surface area contributed by atoms with E-state index in [0.29, 0.717) is 25.6 Å². The highest BCUT2D eigenvalue weighted by molar-refractivity contribution is 5.81. The first-order valence-corrected chi connectivity index (χ1v) is 13.4. The molecule has 0 aliphatic heterocycles. The monoisotopic (exact) mass is 503 g/mol. The Morgan fingerprint density at radius 1 is 1.08 bits per heavy atom. The molecule has 0 heterocycles. The van der Waals surface area contributed by atoms with Crippen molar-refractivity contribution in [3.8, 4) is 0 Å². The zero-order valence-electron chi connectivity index (χ0n) is 22.4. The van der Waals surface area contributed by atoms with E-state index in [1.165, 1.54) is 25.7 Å². The van der Waals surface area contributed by atoms with Crippen LogP contribution in [0.5, 0.6) is 0 Å². The van der Waals surface area contributed by atoms with Gasteiger partial charge in [0, 0.05) is 32.2 Å². The second kappa shape index (κ2) is 14.1. The molecule has 4 atom stereocenters. The fourth-order valence-electron chi connectivity index (χ4n) is 4.44. The molecule has 0 unspecified atom stereocenters. The van der Waals surface area contributed by atoms with Crippen LogP contribution in [0.3, 0.4) is 0 Å². The van der Waals surface area contributed by atoms with Gasteiger partial charge in [0.25, 0.3) is 5.91 Å². The highest BCUT2D eigenvalue weighted by Crippen LogP contribution is 2.35. The van der Waals surface area contributed by atoms with Crippen LogP contribution in [0.2, 0.25) is 0 Å². The number of ether oxygens (including phenoxy) is 2. The summed E-state index contributed by atoms with van der Waals surface area (Å²) in [5.74, 6) is 1.32. The average molecular weight is 504 g/mol. The van der Waals surface area contributed by atoms with Crippen LogP contribution in [0.25, 0.3) is 0 Å². The summed E-state index contributed by atoms with van der Waals surface area (Å²) in [7, 11) is 5.61. The lowest BCUT2D eigenvalue weighted by Crippen LogP contribution is -2.48. The largest absolute Gasteiger partial charge is 0.376 e. The molecule has 2 fully saturated rings. The lowest BCUT2D eigenvalue weighted by atomic mass is 10.0. The number of rotatable bonds is 18. The van der Waals surface area contributed by atoms with E-state index in [9.17, 15) is 14.7 Å². The number of benzene rings is 1. The van der Waals surface area contributed by atoms with Crippen LogP contribution in [0.1, 0.15) is 51.0 Å². The SMILES string of the molecule is CN[C@H](CO[C@H](Cc1ccc(N(C)CO)cc1)C(=O)N(C)[C@H](CO[C@H](C)C=O)CC1CC1)CC1CC1. The van der Waals surface area contributed by atoms with Crippen LogP contribution in [-0.4, -0.2) is 87.6 Å². The van der Waals surface area contributed by atoms with E-state index in [1.807, 2.05) is 45.4 Å². The van der Waals surface area contributed by atoms with Crippen molar-refractivity contribution in [3.05, 3.63) is 29.8 Å². The van der Waals surface area contributed by atoms with Crippen molar-refractivity contribution in [1.29, 1.82) is 0 Å². The second-order valence-corrected chi connectivity index (χ2v) is 10.7.